The maximum atomic E-state index is 12.9. The van der Waals surface area contributed by atoms with Gasteiger partial charge in [0.2, 0.25) is 0 Å². The number of carbonyl (C=O) groups is 3. The fourth-order valence-electron chi connectivity index (χ4n) is 7.52. The second-order valence-electron chi connectivity index (χ2n) is 18.7. The van der Waals surface area contributed by atoms with Crippen molar-refractivity contribution in [1.29, 1.82) is 0 Å². The van der Waals surface area contributed by atoms with Crippen molar-refractivity contribution >= 4 is 25.7 Å². The number of rotatable bonds is 52. The summed E-state index contributed by atoms with van der Waals surface area (Å²) in [6.45, 7) is 4.39. The molecule has 3 unspecified atom stereocenters. The number of esters is 3. The Hall–Kier alpha value is -3.34. The average molecular weight is 1030 g/mol. The lowest BCUT2D eigenvalue weighted by molar-refractivity contribution is -0.160. The number of unbranched alkanes of at least 4 members (excludes halogenated alkanes) is 22. The molecule has 0 saturated heterocycles. The van der Waals surface area contributed by atoms with Crippen LogP contribution in [0.1, 0.15) is 239 Å². The highest BCUT2D eigenvalue weighted by molar-refractivity contribution is 7.47. The summed E-state index contributed by atoms with van der Waals surface area (Å²) >= 11 is 0. The van der Waals surface area contributed by atoms with E-state index in [1.165, 1.54) is 96.3 Å². The van der Waals surface area contributed by atoms with Gasteiger partial charge in [0.05, 0.1) is 26.2 Å². The zero-order chi connectivity index (χ0) is 52.7. The molecule has 0 aliphatic rings. The first-order chi connectivity index (χ1) is 35.2. The maximum absolute atomic E-state index is 12.9. The molecule has 0 rings (SSSR count). The third-order valence-corrected chi connectivity index (χ3v) is 12.8. The number of ether oxygens (including phenoxy) is 3. The number of phosphoric ester groups is 1. The van der Waals surface area contributed by atoms with Gasteiger partial charge in [0.25, 0.3) is 0 Å². The van der Waals surface area contributed by atoms with Gasteiger partial charge in [-0.05, 0) is 77.0 Å². The van der Waals surface area contributed by atoms with Crippen molar-refractivity contribution in [3.05, 3.63) is 85.1 Å². The Morgan fingerprint density at radius 3 is 1.25 bits per heavy atom. The minimum Gasteiger partial charge on any atom is -0.462 e. The fraction of sp³-hybridized carbons (Fsp3) is 0.717. The SMILES string of the molecule is CC/C=C\C/C=C\C/C=C\C/C=C\C/C=C\CC(=O)OC(COC(=O)CCCCCCCCC/C=C\C/C=C\CCCCC)COP(=O)(O)OCC(CO)OC(=O)CCCCCCCCCCCCCCC. The number of allylic oxidation sites excluding steroid dienone is 13. The predicted molar refractivity (Wildman–Crippen MR) is 298 cm³/mol. The van der Waals surface area contributed by atoms with Crippen molar-refractivity contribution in [2.75, 3.05) is 26.4 Å². The Labute approximate surface area is 439 Å². The first kappa shape index (κ1) is 68.7. The summed E-state index contributed by atoms with van der Waals surface area (Å²) < 4.78 is 39.3. The molecular weight excluding hydrogens is 928 g/mol. The highest BCUT2D eigenvalue weighted by atomic mass is 31.2. The van der Waals surface area contributed by atoms with E-state index in [9.17, 15) is 28.9 Å². The molecule has 0 spiro atoms. The highest BCUT2D eigenvalue weighted by Crippen LogP contribution is 2.43. The average Bonchev–Trinajstić information content (AvgIpc) is 3.37. The third kappa shape index (κ3) is 51.6. The second-order valence-corrected chi connectivity index (χ2v) is 20.2. The molecule has 0 amide bonds. The Morgan fingerprint density at radius 1 is 0.417 bits per heavy atom. The van der Waals surface area contributed by atoms with Crippen LogP contribution in [0, 0.1) is 0 Å². The van der Waals surface area contributed by atoms with Crippen LogP contribution in [-0.2, 0) is 42.2 Å². The summed E-state index contributed by atoms with van der Waals surface area (Å²) in [5, 5.41) is 9.80. The first-order valence-corrected chi connectivity index (χ1v) is 30.0. The molecule has 2 N–H and O–H groups in total. The molecule has 0 aromatic heterocycles. The molecule has 0 aliphatic heterocycles. The van der Waals surface area contributed by atoms with Crippen LogP contribution in [0.4, 0.5) is 0 Å². The Balaban J connectivity index is 4.83. The van der Waals surface area contributed by atoms with Gasteiger partial charge in [-0.3, -0.25) is 23.4 Å². The quantitative estimate of drug-likeness (QED) is 0.0197. The van der Waals surface area contributed by atoms with Crippen LogP contribution in [0.5, 0.6) is 0 Å². The van der Waals surface area contributed by atoms with E-state index in [4.69, 9.17) is 23.3 Å². The molecule has 0 aromatic rings. The molecule has 12 heteroatoms. The monoisotopic (exact) mass is 1030 g/mol. The number of phosphoric acid groups is 1. The molecular formula is C60H103O11P. The minimum absolute atomic E-state index is 0.0678. The van der Waals surface area contributed by atoms with Crippen LogP contribution in [0.3, 0.4) is 0 Å². The molecule has 0 heterocycles. The summed E-state index contributed by atoms with van der Waals surface area (Å²) in [6, 6.07) is 0. The largest absolute Gasteiger partial charge is 0.472 e. The number of carbonyl (C=O) groups excluding carboxylic acids is 3. The van der Waals surface area contributed by atoms with E-state index in [2.05, 4.69) is 87.6 Å². The fourth-order valence-corrected chi connectivity index (χ4v) is 8.30. The van der Waals surface area contributed by atoms with E-state index in [1.54, 1.807) is 6.08 Å². The predicted octanol–water partition coefficient (Wildman–Crippen LogP) is 16.7. The molecule has 414 valence electrons. The van der Waals surface area contributed by atoms with Crippen LogP contribution >= 0.6 is 7.82 Å². The minimum atomic E-state index is -4.77. The molecule has 0 aliphatic carbocycles. The standard InChI is InChI=1S/C60H103O11P/c1-4-7-10-13-16-19-22-25-27-28-30-32-34-37-40-43-46-49-58(62)67-53-57(71-60(64)51-48-45-42-39-36-33-29-26-23-20-17-14-11-8-5-2)55-69-72(65,66)68-54-56(52-61)70-59(63)50-47-44-41-38-35-31-24-21-18-15-12-9-6-3/h8,11,16-17,19-20,25-27,29,36,39,45,48,56-57,61H,4-7,9-10,12-15,18,21-24,28,30-35,37-38,40-44,46-47,49-55H2,1-3H3,(H,65,66)/b11-8-,19-16-,20-17-,27-25-,29-26-,39-36-,48-45-. The molecule has 72 heavy (non-hydrogen) atoms. The highest BCUT2D eigenvalue weighted by Gasteiger charge is 2.28. The Kier molecular flexibility index (Phi) is 51.4. The van der Waals surface area contributed by atoms with Gasteiger partial charge < -0.3 is 24.2 Å². The number of aliphatic hydroxyl groups excluding tert-OH is 1. The van der Waals surface area contributed by atoms with Crippen molar-refractivity contribution in [3.8, 4) is 0 Å². The summed E-state index contributed by atoms with van der Waals surface area (Å²) in [6.07, 6.45) is 61.4. The van der Waals surface area contributed by atoms with Crippen molar-refractivity contribution in [2.45, 2.75) is 251 Å². The molecule has 0 saturated carbocycles. The van der Waals surface area contributed by atoms with Crippen molar-refractivity contribution < 1.29 is 52.2 Å². The zero-order valence-corrected chi connectivity index (χ0v) is 46.5. The lowest BCUT2D eigenvalue weighted by Crippen LogP contribution is -2.30. The lowest BCUT2D eigenvalue weighted by atomic mass is 10.0. The smallest absolute Gasteiger partial charge is 0.462 e. The van der Waals surface area contributed by atoms with Crippen molar-refractivity contribution in [2.24, 2.45) is 0 Å². The normalized spacial score (nSPS) is 14.0. The van der Waals surface area contributed by atoms with E-state index < -0.39 is 57.8 Å². The Bertz CT molecular complexity index is 1530. The van der Waals surface area contributed by atoms with Gasteiger partial charge in [0, 0.05) is 12.8 Å². The topological polar surface area (TPSA) is 155 Å². The van der Waals surface area contributed by atoms with Gasteiger partial charge in [-0.25, -0.2) is 4.57 Å². The summed E-state index contributed by atoms with van der Waals surface area (Å²) in [5.41, 5.74) is 0. The van der Waals surface area contributed by atoms with Crippen LogP contribution in [0.15, 0.2) is 85.1 Å². The number of hydrogen-bond donors (Lipinski definition) is 2. The van der Waals surface area contributed by atoms with Crippen molar-refractivity contribution in [3.63, 3.8) is 0 Å². The number of hydrogen-bond acceptors (Lipinski definition) is 10. The Morgan fingerprint density at radius 2 is 0.778 bits per heavy atom. The maximum Gasteiger partial charge on any atom is 0.472 e. The second kappa shape index (κ2) is 53.9. The van der Waals surface area contributed by atoms with Crippen LogP contribution in [-0.4, -0.2) is 66.5 Å². The molecule has 0 radical (unpaired) electrons. The van der Waals surface area contributed by atoms with Gasteiger partial charge in [0.1, 0.15) is 12.7 Å². The summed E-state index contributed by atoms with van der Waals surface area (Å²) in [4.78, 5) is 48.4. The van der Waals surface area contributed by atoms with E-state index in [0.29, 0.717) is 19.3 Å². The van der Waals surface area contributed by atoms with Gasteiger partial charge in [-0.15, -0.1) is 0 Å². The zero-order valence-electron chi connectivity index (χ0n) is 45.6. The lowest BCUT2D eigenvalue weighted by Gasteiger charge is -2.21. The first-order valence-electron chi connectivity index (χ1n) is 28.5. The third-order valence-electron chi connectivity index (χ3n) is 11.8. The van der Waals surface area contributed by atoms with E-state index in [0.717, 1.165) is 83.5 Å². The molecule has 11 nitrogen and oxygen atoms in total. The molecule has 0 fully saturated rings. The van der Waals surface area contributed by atoms with Gasteiger partial charge >= 0.3 is 25.7 Å². The van der Waals surface area contributed by atoms with Crippen LogP contribution in [0.25, 0.3) is 0 Å². The molecule has 3 atom stereocenters. The molecule has 0 bridgehead atoms. The van der Waals surface area contributed by atoms with Crippen molar-refractivity contribution in [1.82, 2.24) is 0 Å². The van der Waals surface area contributed by atoms with Gasteiger partial charge in [-0.1, -0.05) is 228 Å². The van der Waals surface area contributed by atoms with E-state index >= 15 is 0 Å². The number of aliphatic hydroxyl groups is 1. The van der Waals surface area contributed by atoms with E-state index in [-0.39, 0.29) is 25.9 Å². The molecule has 0 aromatic carbocycles. The summed E-state index contributed by atoms with van der Waals surface area (Å²) in [5.74, 6) is -1.63. The van der Waals surface area contributed by atoms with Gasteiger partial charge in [0.15, 0.2) is 6.10 Å². The van der Waals surface area contributed by atoms with Gasteiger partial charge in [-0.2, -0.15) is 0 Å². The van der Waals surface area contributed by atoms with Crippen LogP contribution < -0.4 is 0 Å². The van der Waals surface area contributed by atoms with Crippen LogP contribution in [0.2, 0.25) is 0 Å². The summed E-state index contributed by atoms with van der Waals surface area (Å²) in [7, 11) is -4.77. The van der Waals surface area contributed by atoms with E-state index in [1.807, 2.05) is 12.2 Å².